The van der Waals surface area contributed by atoms with Crippen molar-refractivity contribution in [2.24, 2.45) is 5.92 Å². The highest BCUT2D eigenvalue weighted by Gasteiger charge is 2.14. The van der Waals surface area contributed by atoms with E-state index in [1.54, 1.807) is 0 Å². The Labute approximate surface area is 109 Å². The summed E-state index contributed by atoms with van der Waals surface area (Å²) in [6, 6.07) is 8.26. The van der Waals surface area contributed by atoms with E-state index in [1.165, 1.54) is 5.56 Å². The van der Waals surface area contributed by atoms with Gasteiger partial charge in [-0.1, -0.05) is 45.0 Å². The van der Waals surface area contributed by atoms with Crippen molar-refractivity contribution in [1.82, 2.24) is 5.32 Å². The molecule has 0 bridgehead atoms. The predicted molar refractivity (Wildman–Crippen MR) is 73.2 cm³/mol. The average molecular weight is 249 g/mol. The third kappa shape index (κ3) is 4.15. The largest absolute Gasteiger partial charge is 0.396 e. The molecular weight excluding hydrogens is 226 g/mol. The molecule has 0 heterocycles. The van der Waals surface area contributed by atoms with Gasteiger partial charge in [0.2, 0.25) is 5.91 Å². The Morgan fingerprint density at radius 3 is 2.33 bits per heavy atom. The molecule has 18 heavy (non-hydrogen) atoms. The first-order valence-electron chi connectivity index (χ1n) is 6.55. The van der Waals surface area contributed by atoms with Gasteiger partial charge in [0.25, 0.3) is 0 Å². The summed E-state index contributed by atoms with van der Waals surface area (Å²) in [7, 11) is 0. The second-order valence-corrected chi connectivity index (χ2v) is 4.90. The van der Waals surface area contributed by atoms with Crippen molar-refractivity contribution in [1.29, 1.82) is 0 Å². The van der Waals surface area contributed by atoms with Crippen molar-refractivity contribution < 1.29 is 9.90 Å². The molecule has 100 valence electrons. The molecule has 0 radical (unpaired) electrons. The number of hydrogen-bond acceptors (Lipinski definition) is 2. The number of benzene rings is 1. The minimum atomic E-state index is -0.292. The average Bonchev–Trinajstić information content (AvgIpc) is 2.38. The van der Waals surface area contributed by atoms with Gasteiger partial charge in [0.15, 0.2) is 0 Å². The van der Waals surface area contributed by atoms with Crippen molar-refractivity contribution in [3.05, 3.63) is 35.4 Å². The molecule has 2 N–H and O–H groups in total. The van der Waals surface area contributed by atoms with Gasteiger partial charge in [-0.25, -0.2) is 0 Å². The van der Waals surface area contributed by atoms with Crippen LogP contribution >= 0.6 is 0 Å². The number of carbonyl (C=O) groups excluding carboxylic acids is 1. The Balaban J connectivity index is 2.51. The van der Waals surface area contributed by atoms with Crippen molar-refractivity contribution in [3.8, 4) is 0 Å². The quantitative estimate of drug-likeness (QED) is 0.813. The van der Waals surface area contributed by atoms with Crippen LogP contribution in [0.5, 0.6) is 0 Å². The molecule has 0 aliphatic carbocycles. The minimum Gasteiger partial charge on any atom is -0.396 e. The van der Waals surface area contributed by atoms with Crippen LogP contribution < -0.4 is 5.32 Å². The van der Waals surface area contributed by atoms with E-state index in [-0.39, 0.29) is 18.4 Å². The van der Waals surface area contributed by atoms with Gasteiger partial charge in [0.1, 0.15) is 0 Å². The molecule has 1 unspecified atom stereocenters. The fourth-order valence-corrected chi connectivity index (χ4v) is 1.75. The van der Waals surface area contributed by atoms with Crippen LogP contribution in [-0.2, 0) is 11.3 Å². The summed E-state index contributed by atoms with van der Waals surface area (Å²) in [5, 5.41) is 11.9. The number of nitrogens with one attached hydrogen (secondary N) is 1. The lowest BCUT2D eigenvalue weighted by Gasteiger charge is -2.12. The Morgan fingerprint density at radius 1 is 1.28 bits per heavy atom. The van der Waals surface area contributed by atoms with Gasteiger partial charge in [0.05, 0.1) is 12.5 Å². The van der Waals surface area contributed by atoms with E-state index in [0.717, 1.165) is 5.56 Å². The van der Waals surface area contributed by atoms with Crippen LogP contribution in [0.3, 0.4) is 0 Å². The topological polar surface area (TPSA) is 49.3 Å². The molecule has 0 aliphatic heterocycles. The van der Waals surface area contributed by atoms with Gasteiger partial charge in [0, 0.05) is 6.54 Å². The first kappa shape index (κ1) is 14.7. The molecule has 0 spiro atoms. The summed E-state index contributed by atoms with van der Waals surface area (Å²) in [6.07, 6.45) is 0.661. The van der Waals surface area contributed by atoms with E-state index in [2.05, 4.69) is 31.3 Å². The van der Waals surface area contributed by atoms with Crippen molar-refractivity contribution in [2.45, 2.75) is 39.7 Å². The summed E-state index contributed by atoms with van der Waals surface area (Å²) in [5.74, 6) is 0.153. The molecule has 3 heteroatoms. The molecular formula is C15H23NO2. The summed E-state index contributed by atoms with van der Waals surface area (Å²) < 4.78 is 0. The number of hydrogen-bond donors (Lipinski definition) is 2. The third-order valence-electron chi connectivity index (χ3n) is 3.20. The van der Waals surface area contributed by atoms with Gasteiger partial charge >= 0.3 is 0 Å². The molecule has 0 aromatic heterocycles. The van der Waals surface area contributed by atoms with Gasteiger partial charge < -0.3 is 10.4 Å². The number of rotatable bonds is 6. The van der Waals surface area contributed by atoms with Crippen molar-refractivity contribution >= 4 is 5.91 Å². The number of aliphatic hydroxyl groups is 1. The minimum absolute atomic E-state index is 0.0760. The van der Waals surface area contributed by atoms with Crippen molar-refractivity contribution in [3.63, 3.8) is 0 Å². The maximum absolute atomic E-state index is 11.7. The molecule has 3 nitrogen and oxygen atoms in total. The lowest BCUT2D eigenvalue weighted by molar-refractivity contribution is -0.126. The van der Waals surface area contributed by atoms with Gasteiger partial charge in [-0.05, 0) is 23.5 Å². The monoisotopic (exact) mass is 249 g/mol. The zero-order valence-electron chi connectivity index (χ0n) is 11.4. The third-order valence-corrected chi connectivity index (χ3v) is 3.20. The molecule has 1 aromatic rings. The Kier molecular flexibility index (Phi) is 5.86. The van der Waals surface area contributed by atoms with Crippen LogP contribution in [-0.4, -0.2) is 17.6 Å². The van der Waals surface area contributed by atoms with Crippen LogP contribution in [0.1, 0.15) is 44.2 Å². The maximum Gasteiger partial charge on any atom is 0.225 e. The maximum atomic E-state index is 11.7. The van der Waals surface area contributed by atoms with Crippen LogP contribution in [0.25, 0.3) is 0 Å². The van der Waals surface area contributed by atoms with E-state index >= 15 is 0 Å². The molecule has 0 aliphatic rings. The lowest BCUT2D eigenvalue weighted by Crippen LogP contribution is -2.31. The first-order chi connectivity index (χ1) is 8.58. The standard InChI is InChI=1S/C15H23NO2/c1-4-13(10-17)15(18)16-9-12-5-7-14(8-6-12)11(2)3/h5-8,11,13,17H,4,9-10H2,1-3H3,(H,16,18). The van der Waals surface area contributed by atoms with Gasteiger partial charge in [-0.3, -0.25) is 4.79 Å². The Hall–Kier alpha value is -1.35. The van der Waals surface area contributed by atoms with Crippen LogP contribution in [0.2, 0.25) is 0 Å². The second-order valence-electron chi connectivity index (χ2n) is 4.90. The molecule has 1 amide bonds. The molecule has 0 saturated carbocycles. The molecule has 1 atom stereocenters. The van der Waals surface area contributed by atoms with Crippen LogP contribution in [0.15, 0.2) is 24.3 Å². The van der Waals surface area contributed by atoms with E-state index < -0.39 is 0 Å². The second kappa shape index (κ2) is 7.17. The highest BCUT2D eigenvalue weighted by molar-refractivity contribution is 5.78. The first-order valence-corrected chi connectivity index (χ1v) is 6.55. The normalized spacial score (nSPS) is 12.5. The number of amides is 1. The van der Waals surface area contributed by atoms with E-state index in [9.17, 15) is 4.79 Å². The highest BCUT2D eigenvalue weighted by Crippen LogP contribution is 2.14. The Morgan fingerprint density at radius 2 is 1.89 bits per heavy atom. The Bertz CT molecular complexity index is 367. The SMILES string of the molecule is CCC(CO)C(=O)NCc1ccc(C(C)C)cc1. The fourth-order valence-electron chi connectivity index (χ4n) is 1.75. The zero-order chi connectivity index (χ0) is 13.5. The van der Waals surface area contributed by atoms with Gasteiger partial charge in [-0.15, -0.1) is 0 Å². The van der Waals surface area contributed by atoms with Crippen molar-refractivity contribution in [2.75, 3.05) is 6.61 Å². The van der Waals surface area contributed by atoms with Crippen LogP contribution in [0, 0.1) is 5.92 Å². The predicted octanol–water partition coefficient (Wildman–Crippen LogP) is 2.44. The highest BCUT2D eigenvalue weighted by atomic mass is 16.3. The summed E-state index contributed by atoms with van der Waals surface area (Å²) in [6.45, 7) is 6.65. The van der Waals surface area contributed by atoms with E-state index in [1.807, 2.05) is 19.1 Å². The molecule has 0 fully saturated rings. The summed E-state index contributed by atoms with van der Waals surface area (Å²) in [5.41, 5.74) is 2.38. The van der Waals surface area contributed by atoms with E-state index in [0.29, 0.717) is 18.9 Å². The van der Waals surface area contributed by atoms with Gasteiger partial charge in [-0.2, -0.15) is 0 Å². The smallest absolute Gasteiger partial charge is 0.225 e. The van der Waals surface area contributed by atoms with Crippen LogP contribution in [0.4, 0.5) is 0 Å². The summed E-state index contributed by atoms with van der Waals surface area (Å²) in [4.78, 5) is 11.7. The zero-order valence-corrected chi connectivity index (χ0v) is 11.4. The lowest BCUT2D eigenvalue weighted by atomic mass is 10.0. The van der Waals surface area contributed by atoms with E-state index in [4.69, 9.17) is 5.11 Å². The molecule has 1 rings (SSSR count). The number of aliphatic hydroxyl groups excluding tert-OH is 1. The fraction of sp³-hybridized carbons (Fsp3) is 0.533. The molecule has 0 saturated heterocycles. The molecule has 1 aromatic carbocycles. The summed E-state index contributed by atoms with van der Waals surface area (Å²) >= 11 is 0. The number of carbonyl (C=O) groups is 1.